The maximum Gasteiger partial charge on any atom is 0.251 e. The van der Waals surface area contributed by atoms with Crippen LogP contribution in [0, 0.1) is 0 Å². The van der Waals surface area contributed by atoms with Gasteiger partial charge in [-0.05, 0) is 42.7 Å². The van der Waals surface area contributed by atoms with Gasteiger partial charge in [0.05, 0.1) is 6.04 Å². The SMILES string of the molecule is CCc1ccc(C(C)NC(=O)c2cccc(N)c2)cc1. The van der Waals surface area contributed by atoms with Crippen molar-refractivity contribution in [1.29, 1.82) is 0 Å². The highest BCUT2D eigenvalue weighted by molar-refractivity contribution is 5.95. The number of anilines is 1. The minimum Gasteiger partial charge on any atom is -0.399 e. The summed E-state index contributed by atoms with van der Waals surface area (Å²) < 4.78 is 0. The molecule has 2 rings (SSSR count). The number of hydrogen-bond acceptors (Lipinski definition) is 2. The van der Waals surface area contributed by atoms with Gasteiger partial charge in [-0.25, -0.2) is 0 Å². The number of aryl methyl sites for hydroxylation is 1. The molecule has 3 nitrogen and oxygen atoms in total. The monoisotopic (exact) mass is 268 g/mol. The van der Waals surface area contributed by atoms with E-state index in [2.05, 4.69) is 36.5 Å². The summed E-state index contributed by atoms with van der Waals surface area (Å²) in [6.45, 7) is 4.10. The molecule has 3 N–H and O–H groups in total. The highest BCUT2D eigenvalue weighted by Crippen LogP contribution is 2.15. The molecule has 0 aliphatic rings. The van der Waals surface area contributed by atoms with Crippen LogP contribution in [0.4, 0.5) is 5.69 Å². The van der Waals surface area contributed by atoms with Gasteiger partial charge in [0.15, 0.2) is 0 Å². The van der Waals surface area contributed by atoms with E-state index in [1.807, 2.05) is 6.92 Å². The molecule has 0 bridgehead atoms. The zero-order valence-electron chi connectivity index (χ0n) is 11.9. The first-order valence-electron chi connectivity index (χ1n) is 6.85. The number of carbonyl (C=O) groups is 1. The quantitative estimate of drug-likeness (QED) is 0.836. The fourth-order valence-corrected chi connectivity index (χ4v) is 2.09. The number of nitrogens with two attached hydrogens (primary N) is 1. The molecule has 0 aliphatic heterocycles. The van der Waals surface area contributed by atoms with E-state index in [4.69, 9.17) is 5.73 Å². The van der Waals surface area contributed by atoms with E-state index in [-0.39, 0.29) is 11.9 Å². The van der Waals surface area contributed by atoms with Gasteiger partial charge in [-0.1, -0.05) is 37.3 Å². The molecule has 1 unspecified atom stereocenters. The number of hydrogen-bond donors (Lipinski definition) is 2. The van der Waals surface area contributed by atoms with Crippen molar-refractivity contribution < 1.29 is 4.79 Å². The second-order valence-corrected chi connectivity index (χ2v) is 4.92. The summed E-state index contributed by atoms with van der Waals surface area (Å²) in [5, 5.41) is 2.98. The molecule has 2 aromatic rings. The summed E-state index contributed by atoms with van der Waals surface area (Å²) in [5.74, 6) is -0.107. The van der Waals surface area contributed by atoms with Crippen molar-refractivity contribution in [3.8, 4) is 0 Å². The molecule has 0 aliphatic carbocycles. The average Bonchev–Trinajstić information content (AvgIpc) is 2.47. The van der Waals surface area contributed by atoms with Gasteiger partial charge in [0, 0.05) is 11.3 Å². The Morgan fingerprint density at radius 2 is 1.90 bits per heavy atom. The summed E-state index contributed by atoms with van der Waals surface area (Å²) in [4.78, 5) is 12.1. The number of nitrogen functional groups attached to an aromatic ring is 1. The molecule has 20 heavy (non-hydrogen) atoms. The van der Waals surface area contributed by atoms with Crippen LogP contribution in [0.1, 0.15) is 41.4 Å². The molecule has 0 spiro atoms. The van der Waals surface area contributed by atoms with Crippen molar-refractivity contribution in [3.05, 3.63) is 65.2 Å². The van der Waals surface area contributed by atoms with Crippen LogP contribution in [0.15, 0.2) is 48.5 Å². The molecular formula is C17H20N2O. The first kappa shape index (κ1) is 14.1. The van der Waals surface area contributed by atoms with Gasteiger partial charge in [0.2, 0.25) is 0 Å². The van der Waals surface area contributed by atoms with Crippen molar-refractivity contribution in [2.75, 3.05) is 5.73 Å². The van der Waals surface area contributed by atoms with Gasteiger partial charge in [-0.3, -0.25) is 4.79 Å². The van der Waals surface area contributed by atoms with Crippen LogP contribution in [0.2, 0.25) is 0 Å². The summed E-state index contributed by atoms with van der Waals surface area (Å²) in [5.41, 5.74) is 9.26. The van der Waals surface area contributed by atoms with E-state index >= 15 is 0 Å². The molecular weight excluding hydrogens is 248 g/mol. The lowest BCUT2D eigenvalue weighted by molar-refractivity contribution is 0.0940. The van der Waals surface area contributed by atoms with E-state index < -0.39 is 0 Å². The van der Waals surface area contributed by atoms with Crippen LogP contribution >= 0.6 is 0 Å². The lowest BCUT2D eigenvalue weighted by Crippen LogP contribution is -2.26. The average molecular weight is 268 g/mol. The zero-order chi connectivity index (χ0) is 14.5. The minimum atomic E-state index is -0.107. The zero-order valence-corrected chi connectivity index (χ0v) is 11.9. The predicted octanol–water partition coefficient (Wildman–Crippen LogP) is 3.32. The van der Waals surface area contributed by atoms with E-state index in [1.165, 1.54) is 5.56 Å². The fraction of sp³-hybridized carbons (Fsp3) is 0.235. The Morgan fingerprint density at radius 1 is 1.20 bits per heavy atom. The van der Waals surface area contributed by atoms with Crippen LogP contribution in [0.3, 0.4) is 0 Å². The van der Waals surface area contributed by atoms with E-state index in [0.717, 1.165) is 12.0 Å². The molecule has 1 amide bonds. The molecule has 0 radical (unpaired) electrons. The van der Waals surface area contributed by atoms with Crippen molar-refractivity contribution in [2.45, 2.75) is 26.3 Å². The maximum absolute atomic E-state index is 12.1. The molecule has 104 valence electrons. The van der Waals surface area contributed by atoms with Gasteiger partial charge in [0.1, 0.15) is 0 Å². The lowest BCUT2D eigenvalue weighted by atomic mass is 10.0. The first-order chi connectivity index (χ1) is 9.60. The molecule has 3 heteroatoms. The Kier molecular flexibility index (Phi) is 4.41. The molecule has 0 fully saturated rings. The highest BCUT2D eigenvalue weighted by Gasteiger charge is 2.11. The molecule has 0 heterocycles. The van der Waals surface area contributed by atoms with Crippen LogP contribution in [-0.4, -0.2) is 5.91 Å². The normalized spacial score (nSPS) is 11.9. The summed E-state index contributed by atoms with van der Waals surface area (Å²) in [6, 6.07) is 15.3. The smallest absolute Gasteiger partial charge is 0.251 e. The molecule has 0 saturated carbocycles. The first-order valence-corrected chi connectivity index (χ1v) is 6.85. The van der Waals surface area contributed by atoms with Crippen LogP contribution < -0.4 is 11.1 Å². The van der Waals surface area contributed by atoms with Crippen LogP contribution in [0.5, 0.6) is 0 Å². The third-order valence-electron chi connectivity index (χ3n) is 3.38. The maximum atomic E-state index is 12.1. The second kappa shape index (κ2) is 6.24. The Bertz CT molecular complexity index is 590. The topological polar surface area (TPSA) is 55.1 Å². The van der Waals surface area contributed by atoms with Crippen molar-refractivity contribution in [1.82, 2.24) is 5.32 Å². The minimum absolute atomic E-state index is 0.0326. The Labute approximate surface area is 119 Å². The Morgan fingerprint density at radius 3 is 2.50 bits per heavy atom. The lowest BCUT2D eigenvalue weighted by Gasteiger charge is -2.15. The fourth-order valence-electron chi connectivity index (χ4n) is 2.09. The summed E-state index contributed by atoms with van der Waals surface area (Å²) in [6.07, 6.45) is 1.02. The number of nitrogens with one attached hydrogen (secondary N) is 1. The van der Waals surface area contributed by atoms with Crippen molar-refractivity contribution >= 4 is 11.6 Å². The number of rotatable bonds is 4. The number of benzene rings is 2. The largest absolute Gasteiger partial charge is 0.399 e. The van der Waals surface area contributed by atoms with E-state index in [0.29, 0.717) is 11.3 Å². The Hall–Kier alpha value is -2.29. The van der Waals surface area contributed by atoms with Crippen molar-refractivity contribution in [3.63, 3.8) is 0 Å². The van der Waals surface area contributed by atoms with Crippen LogP contribution in [0.25, 0.3) is 0 Å². The third kappa shape index (κ3) is 3.38. The molecule has 0 aromatic heterocycles. The van der Waals surface area contributed by atoms with E-state index in [1.54, 1.807) is 24.3 Å². The van der Waals surface area contributed by atoms with Gasteiger partial charge in [-0.2, -0.15) is 0 Å². The highest BCUT2D eigenvalue weighted by atomic mass is 16.1. The van der Waals surface area contributed by atoms with E-state index in [9.17, 15) is 4.79 Å². The molecule has 1 atom stereocenters. The third-order valence-corrected chi connectivity index (χ3v) is 3.38. The predicted molar refractivity (Wildman–Crippen MR) is 82.6 cm³/mol. The second-order valence-electron chi connectivity index (χ2n) is 4.92. The van der Waals surface area contributed by atoms with Crippen LogP contribution in [-0.2, 0) is 6.42 Å². The van der Waals surface area contributed by atoms with Crippen molar-refractivity contribution in [2.24, 2.45) is 0 Å². The van der Waals surface area contributed by atoms with Gasteiger partial charge < -0.3 is 11.1 Å². The Balaban J connectivity index is 2.06. The summed E-state index contributed by atoms with van der Waals surface area (Å²) in [7, 11) is 0. The molecule has 2 aromatic carbocycles. The number of amides is 1. The standard InChI is InChI=1S/C17H20N2O/c1-3-13-7-9-14(10-8-13)12(2)19-17(20)15-5-4-6-16(18)11-15/h4-12H,3,18H2,1-2H3,(H,19,20). The number of carbonyl (C=O) groups excluding carboxylic acids is 1. The van der Waals surface area contributed by atoms with Gasteiger partial charge in [0.25, 0.3) is 5.91 Å². The van der Waals surface area contributed by atoms with Gasteiger partial charge in [-0.15, -0.1) is 0 Å². The molecule has 0 saturated heterocycles. The van der Waals surface area contributed by atoms with Gasteiger partial charge >= 0.3 is 0 Å². The summed E-state index contributed by atoms with van der Waals surface area (Å²) >= 11 is 0.